The van der Waals surface area contributed by atoms with E-state index in [2.05, 4.69) is 6.07 Å². The molecule has 0 bridgehead atoms. The maximum Gasteiger partial charge on any atom is 0.115 e. The van der Waals surface area contributed by atoms with Crippen molar-refractivity contribution in [2.24, 2.45) is 0 Å². The van der Waals surface area contributed by atoms with Gasteiger partial charge in [0.05, 0.1) is 11.6 Å². The standard InChI is InChI=1S/C14H11NOS/c1-10-8-14(5-2-11(10)9-15)17-13-6-3-12(16)4-7-13/h2-8,16H,1H3. The number of rotatable bonds is 2. The zero-order valence-electron chi connectivity index (χ0n) is 9.34. The Kier molecular flexibility index (Phi) is 3.36. The molecule has 84 valence electrons. The molecule has 0 radical (unpaired) electrons. The number of hydrogen-bond acceptors (Lipinski definition) is 3. The zero-order valence-corrected chi connectivity index (χ0v) is 10.2. The van der Waals surface area contributed by atoms with Crippen LogP contribution in [-0.2, 0) is 0 Å². The molecule has 0 spiro atoms. The fourth-order valence-electron chi connectivity index (χ4n) is 1.48. The highest BCUT2D eigenvalue weighted by Crippen LogP contribution is 2.29. The lowest BCUT2D eigenvalue weighted by molar-refractivity contribution is 0.475. The summed E-state index contributed by atoms with van der Waals surface area (Å²) < 4.78 is 0. The minimum absolute atomic E-state index is 0.269. The Labute approximate surface area is 105 Å². The summed E-state index contributed by atoms with van der Waals surface area (Å²) in [5.74, 6) is 0.269. The second kappa shape index (κ2) is 4.94. The molecule has 0 amide bonds. The lowest BCUT2D eigenvalue weighted by atomic mass is 10.1. The molecule has 17 heavy (non-hydrogen) atoms. The molecule has 0 fully saturated rings. The second-order valence-corrected chi connectivity index (χ2v) is 4.83. The number of phenolic OH excluding ortho intramolecular Hbond substituents is 1. The molecule has 0 aliphatic rings. The van der Waals surface area contributed by atoms with Crippen molar-refractivity contribution >= 4 is 11.8 Å². The maximum atomic E-state index is 9.19. The Morgan fingerprint density at radius 2 is 1.71 bits per heavy atom. The summed E-state index contributed by atoms with van der Waals surface area (Å²) in [6, 6.07) is 15.0. The Hall–Kier alpha value is -1.92. The first kappa shape index (κ1) is 11.6. The number of aryl methyl sites for hydroxylation is 1. The van der Waals surface area contributed by atoms with Crippen LogP contribution >= 0.6 is 11.8 Å². The van der Waals surface area contributed by atoms with Crippen molar-refractivity contribution in [2.45, 2.75) is 16.7 Å². The third-order valence-corrected chi connectivity index (χ3v) is 3.39. The lowest BCUT2D eigenvalue weighted by Gasteiger charge is -2.04. The molecule has 0 atom stereocenters. The second-order valence-electron chi connectivity index (χ2n) is 3.68. The normalized spacial score (nSPS) is 9.88. The quantitative estimate of drug-likeness (QED) is 0.871. The molecular weight excluding hydrogens is 230 g/mol. The summed E-state index contributed by atoms with van der Waals surface area (Å²) in [6.07, 6.45) is 0. The Bertz CT molecular complexity index is 570. The summed E-state index contributed by atoms with van der Waals surface area (Å²) in [7, 11) is 0. The molecule has 0 heterocycles. The van der Waals surface area contributed by atoms with Crippen molar-refractivity contribution in [2.75, 3.05) is 0 Å². The van der Waals surface area contributed by atoms with Crippen LogP contribution in [0.1, 0.15) is 11.1 Å². The van der Waals surface area contributed by atoms with Gasteiger partial charge in [-0.1, -0.05) is 11.8 Å². The predicted molar refractivity (Wildman–Crippen MR) is 68.1 cm³/mol. The fraction of sp³-hybridized carbons (Fsp3) is 0.0714. The Morgan fingerprint density at radius 3 is 2.29 bits per heavy atom. The van der Waals surface area contributed by atoms with E-state index in [-0.39, 0.29) is 5.75 Å². The molecule has 0 saturated carbocycles. The van der Waals surface area contributed by atoms with Gasteiger partial charge in [-0.05, 0) is 55.0 Å². The highest BCUT2D eigenvalue weighted by atomic mass is 32.2. The number of nitriles is 1. The van der Waals surface area contributed by atoms with Crippen molar-refractivity contribution in [3.8, 4) is 11.8 Å². The zero-order chi connectivity index (χ0) is 12.3. The van der Waals surface area contributed by atoms with Gasteiger partial charge in [0, 0.05) is 9.79 Å². The Balaban J connectivity index is 2.22. The van der Waals surface area contributed by atoms with Crippen molar-refractivity contribution in [3.05, 3.63) is 53.6 Å². The van der Waals surface area contributed by atoms with Crippen LogP contribution in [0, 0.1) is 18.3 Å². The molecule has 2 nitrogen and oxygen atoms in total. The maximum absolute atomic E-state index is 9.19. The molecule has 0 saturated heterocycles. The van der Waals surface area contributed by atoms with E-state index in [9.17, 15) is 5.11 Å². The van der Waals surface area contributed by atoms with E-state index in [0.717, 1.165) is 15.4 Å². The molecule has 3 heteroatoms. The molecular formula is C14H11NOS. The van der Waals surface area contributed by atoms with Crippen LogP contribution < -0.4 is 0 Å². The first-order valence-electron chi connectivity index (χ1n) is 5.16. The SMILES string of the molecule is Cc1cc(Sc2ccc(O)cc2)ccc1C#N. The Morgan fingerprint density at radius 1 is 1.06 bits per heavy atom. The molecule has 0 aliphatic heterocycles. The molecule has 0 aromatic heterocycles. The minimum atomic E-state index is 0.269. The molecule has 0 aliphatic carbocycles. The number of nitrogens with zero attached hydrogens (tertiary/aromatic N) is 1. The van der Waals surface area contributed by atoms with Crippen molar-refractivity contribution < 1.29 is 5.11 Å². The third kappa shape index (κ3) is 2.80. The number of benzene rings is 2. The number of hydrogen-bond donors (Lipinski definition) is 1. The summed E-state index contributed by atoms with van der Waals surface area (Å²) in [6.45, 7) is 1.93. The van der Waals surface area contributed by atoms with Crippen molar-refractivity contribution in [1.29, 1.82) is 5.26 Å². The van der Waals surface area contributed by atoms with Crippen LogP contribution in [0.3, 0.4) is 0 Å². The van der Waals surface area contributed by atoms with Gasteiger partial charge < -0.3 is 5.11 Å². The molecule has 2 rings (SSSR count). The molecule has 0 unspecified atom stereocenters. The monoisotopic (exact) mass is 241 g/mol. The summed E-state index contributed by atoms with van der Waals surface area (Å²) in [5.41, 5.74) is 1.69. The smallest absolute Gasteiger partial charge is 0.115 e. The van der Waals surface area contributed by atoms with Crippen LogP contribution in [-0.4, -0.2) is 5.11 Å². The first-order valence-corrected chi connectivity index (χ1v) is 5.98. The highest BCUT2D eigenvalue weighted by molar-refractivity contribution is 7.99. The van der Waals surface area contributed by atoms with Gasteiger partial charge in [0.25, 0.3) is 0 Å². The van der Waals surface area contributed by atoms with Gasteiger partial charge in [-0.2, -0.15) is 5.26 Å². The van der Waals surface area contributed by atoms with Crippen molar-refractivity contribution in [3.63, 3.8) is 0 Å². The van der Waals surface area contributed by atoms with Crippen LogP contribution in [0.4, 0.5) is 0 Å². The topological polar surface area (TPSA) is 44.0 Å². The van der Waals surface area contributed by atoms with E-state index >= 15 is 0 Å². The van der Waals surface area contributed by atoms with Gasteiger partial charge in [0.15, 0.2) is 0 Å². The third-order valence-electron chi connectivity index (χ3n) is 2.39. The number of aromatic hydroxyl groups is 1. The largest absolute Gasteiger partial charge is 0.508 e. The lowest BCUT2D eigenvalue weighted by Crippen LogP contribution is -1.82. The van der Waals surface area contributed by atoms with E-state index in [0.29, 0.717) is 5.56 Å². The van der Waals surface area contributed by atoms with Gasteiger partial charge in [0.2, 0.25) is 0 Å². The number of phenols is 1. The van der Waals surface area contributed by atoms with Gasteiger partial charge in [-0.15, -0.1) is 0 Å². The molecule has 2 aromatic rings. The van der Waals surface area contributed by atoms with E-state index in [1.54, 1.807) is 23.9 Å². The molecule has 1 N–H and O–H groups in total. The average Bonchev–Trinajstić information content (AvgIpc) is 2.32. The van der Waals surface area contributed by atoms with E-state index in [1.807, 2.05) is 37.3 Å². The summed E-state index contributed by atoms with van der Waals surface area (Å²) in [4.78, 5) is 2.15. The van der Waals surface area contributed by atoms with Crippen LogP contribution in [0.2, 0.25) is 0 Å². The van der Waals surface area contributed by atoms with E-state index in [4.69, 9.17) is 5.26 Å². The van der Waals surface area contributed by atoms with Gasteiger partial charge in [0.1, 0.15) is 5.75 Å². The van der Waals surface area contributed by atoms with Crippen molar-refractivity contribution in [1.82, 2.24) is 0 Å². The van der Waals surface area contributed by atoms with Crippen LogP contribution in [0.25, 0.3) is 0 Å². The van der Waals surface area contributed by atoms with Gasteiger partial charge in [-0.3, -0.25) is 0 Å². The predicted octanol–water partition coefficient (Wildman–Crippen LogP) is 3.72. The summed E-state index contributed by atoms with van der Waals surface area (Å²) >= 11 is 1.61. The van der Waals surface area contributed by atoms with E-state index < -0.39 is 0 Å². The van der Waals surface area contributed by atoms with E-state index in [1.165, 1.54) is 0 Å². The highest BCUT2D eigenvalue weighted by Gasteiger charge is 2.01. The van der Waals surface area contributed by atoms with Gasteiger partial charge >= 0.3 is 0 Å². The van der Waals surface area contributed by atoms with Gasteiger partial charge in [-0.25, -0.2) is 0 Å². The first-order chi connectivity index (χ1) is 8.19. The van der Waals surface area contributed by atoms with Crippen LogP contribution in [0.5, 0.6) is 5.75 Å². The summed E-state index contributed by atoms with van der Waals surface area (Å²) in [5, 5.41) is 18.0. The minimum Gasteiger partial charge on any atom is -0.508 e. The van der Waals surface area contributed by atoms with Crippen LogP contribution in [0.15, 0.2) is 52.3 Å². The molecule has 2 aromatic carbocycles. The fourth-order valence-corrected chi connectivity index (χ4v) is 2.39. The average molecular weight is 241 g/mol.